The Morgan fingerprint density at radius 1 is 1.14 bits per heavy atom. The van der Waals surface area contributed by atoms with Gasteiger partial charge in [-0.1, -0.05) is 47.1 Å². The number of halogens is 1. The lowest BCUT2D eigenvalue weighted by atomic mass is 10.0. The van der Waals surface area contributed by atoms with Crippen molar-refractivity contribution >= 4 is 17.9 Å². The summed E-state index contributed by atoms with van der Waals surface area (Å²) < 4.78 is 1.64. The van der Waals surface area contributed by atoms with Crippen molar-refractivity contribution in [3.63, 3.8) is 0 Å². The Morgan fingerprint density at radius 2 is 1.95 bits per heavy atom. The fourth-order valence-corrected chi connectivity index (χ4v) is 2.44. The van der Waals surface area contributed by atoms with Crippen LogP contribution in [0.5, 0.6) is 0 Å². The smallest absolute Gasteiger partial charge is 0.172 e. The van der Waals surface area contributed by atoms with Crippen molar-refractivity contribution in [1.29, 1.82) is 0 Å². The van der Waals surface area contributed by atoms with E-state index in [1.807, 2.05) is 43.3 Å². The zero-order chi connectivity index (χ0) is 14.8. The summed E-state index contributed by atoms with van der Waals surface area (Å²) in [7, 11) is 0. The molecule has 0 fully saturated rings. The van der Waals surface area contributed by atoms with Crippen LogP contribution >= 0.6 is 11.6 Å². The molecular weight excluding hydrogens is 286 g/mol. The van der Waals surface area contributed by atoms with Crippen LogP contribution in [-0.2, 0) is 0 Å². The van der Waals surface area contributed by atoms with Crippen molar-refractivity contribution in [2.45, 2.75) is 6.92 Å². The number of hydrogen-bond donors (Lipinski definition) is 0. The average molecular weight is 298 g/mol. The van der Waals surface area contributed by atoms with E-state index in [-0.39, 0.29) is 0 Å². The summed E-state index contributed by atoms with van der Waals surface area (Å²) in [5.41, 5.74) is 3.71. The van der Waals surface area contributed by atoms with E-state index >= 15 is 0 Å². The first-order chi connectivity index (χ1) is 10.2. The van der Waals surface area contributed by atoms with Crippen LogP contribution in [0, 0.1) is 6.92 Å². The van der Waals surface area contributed by atoms with Crippen LogP contribution in [0.1, 0.15) is 16.1 Å². The highest BCUT2D eigenvalue weighted by Crippen LogP contribution is 2.27. The van der Waals surface area contributed by atoms with Gasteiger partial charge in [0.05, 0.1) is 5.69 Å². The van der Waals surface area contributed by atoms with Gasteiger partial charge in [0.15, 0.2) is 12.0 Å². The van der Waals surface area contributed by atoms with Gasteiger partial charge in [-0.05, 0) is 30.7 Å². The van der Waals surface area contributed by atoms with E-state index in [0.29, 0.717) is 16.4 Å². The van der Waals surface area contributed by atoms with Gasteiger partial charge in [0, 0.05) is 10.6 Å². The molecule has 0 bridgehead atoms. The van der Waals surface area contributed by atoms with Gasteiger partial charge in [-0.25, -0.2) is 4.68 Å². The highest BCUT2D eigenvalue weighted by atomic mass is 35.5. The average Bonchev–Trinajstić information content (AvgIpc) is 2.91. The minimum atomic E-state index is 0.310. The Bertz CT molecular complexity index is 811. The van der Waals surface area contributed by atoms with Crippen molar-refractivity contribution in [2.75, 3.05) is 0 Å². The summed E-state index contributed by atoms with van der Waals surface area (Å²) in [4.78, 5) is 11.3. The normalized spacial score (nSPS) is 10.6. The maximum atomic E-state index is 11.3. The molecule has 0 aliphatic heterocycles. The maximum Gasteiger partial charge on any atom is 0.172 e. The Hall–Kier alpha value is -2.46. The van der Waals surface area contributed by atoms with E-state index in [9.17, 15) is 4.79 Å². The van der Waals surface area contributed by atoms with Gasteiger partial charge in [0.25, 0.3) is 0 Å². The van der Waals surface area contributed by atoms with Crippen LogP contribution in [0.4, 0.5) is 0 Å². The van der Waals surface area contributed by atoms with Crippen LogP contribution in [-0.4, -0.2) is 21.3 Å². The molecule has 0 N–H and O–H groups in total. The van der Waals surface area contributed by atoms with Crippen LogP contribution in [0.2, 0.25) is 5.02 Å². The van der Waals surface area contributed by atoms with Crippen LogP contribution in [0.3, 0.4) is 0 Å². The summed E-state index contributed by atoms with van der Waals surface area (Å²) in [6.07, 6.45) is 0.718. The van der Waals surface area contributed by atoms with E-state index in [0.717, 1.165) is 23.1 Å². The van der Waals surface area contributed by atoms with Crippen molar-refractivity contribution in [2.24, 2.45) is 0 Å². The summed E-state index contributed by atoms with van der Waals surface area (Å²) >= 11 is 6.03. The number of aryl methyl sites for hydroxylation is 1. The summed E-state index contributed by atoms with van der Waals surface area (Å²) in [6.45, 7) is 1.99. The van der Waals surface area contributed by atoms with Crippen LogP contribution < -0.4 is 0 Å². The van der Waals surface area contributed by atoms with Gasteiger partial charge in [0.2, 0.25) is 0 Å². The first-order valence-corrected chi connectivity index (χ1v) is 6.81. The zero-order valence-electron chi connectivity index (χ0n) is 11.3. The number of carbonyl (C=O) groups is 1. The number of aldehydes is 1. The Labute approximate surface area is 127 Å². The lowest BCUT2D eigenvalue weighted by molar-refractivity contribution is 0.111. The zero-order valence-corrected chi connectivity index (χ0v) is 12.1. The molecule has 0 saturated heterocycles. The minimum absolute atomic E-state index is 0.310. The molecule has 3 rings (SSSR count). The number of nitrogens with zero attached hydrogens (tertiary/aromatic N) is 3. The predicted octanol–water partition coefficient (Wildman–Crippen LogP) is 3.71. The molecule has 21 heavy (non-hydrogen) atoms. The van der Waals surface area contributed by atoms with E-state index in [1.54, 1.807) is 16.8 Å². The van der Waals surface area contributed by atoms with Crippen LogP contribution in [0.15, 0.2) is 48.5 Å². The minimum Gasteiger partial charge on any atom is -0.296 e. The van der Waals surface area contributed by atoms with Gasteiger partial charge >= 0.3 is 0 Å². The van der Waals surface area contributed by atoms with Gasteiger partial charge in [-0.2, -0.15) is 0 Å². The quantitative estimate of drug-likeness (QED) is 0.692. The van der Waals surface area contributed by atoms with Gasteiger partial charge in [-0.15, -0.1) is 5.10 Å². The molecule has 5 heteroatoms. The highest BCUT2D eigenvalue weighted by Gasteiger charge is 2.17. The number of hydrogen-bond acceptors (Lipinski definition) is 3. The lowest BCUT2D eigenvalue weighted by Crippen LogP contribution is -2.01. The van der Waals surface area contributed by atoms with E-state index < -0.39 is 0 Å². The molecule has 0 amide bonds. The second-order valence-corrected chi connectivity index (χ2v) is 5.08. The third-order valence-corrected chi connectivity index (χ3v) is 3.50. The standard InChI is InChI=1S/C16H12ClN3O/c1-11-5-2-3-8-14(11)16-15(10-21)18-19-20(16)13-7-4-6-12(17)9-13/h2-10H,1H3. The topological polar surface area (TPSA) is 47.8 Å². The molecule has 104 valence electrons. The molecule has 1 heterocycles. The second-order valence-electron chi connectivity index (χ2n) is 4.65. The lowest BCUT2D eigenvalue weighted by Gasteiger charge is -2.09. The van der Waals surface area contributed by atoms with Gasteiger partial charge in [0.1, 0.15) is 5.69 Å². The van der Waals surface area contributed by atoms with Gasteiger partial charge < -0.3 is 0 Å². The molecular formula is C16H12ClN3O. The van der Waals surface area contributed by atoms with Crippen molar-refractivity contribution in [3.8, 4) is 16.9 Å². The molecule has 0 saturated carbocycles. The number of aromatic nitrogens is 3. The fourth-order valence-electron chi connectivity index (χ4n) is 2.25. The fraction of sp³-hybridized carbons (Fsp3) is 0.0625. The molecule has 0 spiro atoms. The third kappa shape index (κ3) is 2.45. The Kier molecular flexibility index (Phi) is 3.54. The largest absolute Gasteiger partial charge is 0.296 e. The van der Waals surface area contributed by atoms with E-state index in [2.05, 4.69) is 10.3 Å². The number of rotatable bonds is 3. The second kappa shape index (κ2) is 5.50. The number of benzene rings is 2. The van der Waals surface area contributed by atoms with E-state index in [4.69, 9.17) is 11.6 Å². The molecule has 3 aromatic rings. The summed E-state index contributed by atoms with van der Waals surface area (Å²) in [6, 6.07) is 15.1. The molecule has 0 radical (unpaired) electrons. The SMILES string of the molecule is Cc1ccccc1-c1c(C=O)nnn1-c1cccc(Cl)c1. The maximum absolute atomic E-state index is 11.3. The van der Waals surface area contributed by atoms with Crippen molar-refractivity contribution in [1.82, 2.24) is 15.0 Å². The molecule has 0 atom stereocenters. The highest BCUT2D eigenvalue weighted by molar-refractivity contribution is 6.30. The predicted molar refractivity (Wildman–Crippen MR) is 81.9 cm³/mol. The van der Waals surface area contributed by atoms with Crippen molar-refractivity contribution in [3.05, 3.63) is 64.8 Å². The third-order valence-electron chi connectivity index (χ3n) is 3.26. The number of carbonyl (C=O) groups excluding carboxylic acids is 1. The Balaban J connectivity index is 2.27. The van der Waals surface area contributed by atoms with Crippen LogP contribution in [0.25, 0.3) is 16.9 Å². The molecule has 2 aromatic carbocycles. The molecule has 0 aliphatic rings. The molecule has 0 unspecified atom stereocenters. The monoisotopic (exact) mass is 297 g/mol. The van der Waals surface area contributed by atoms with Crippen molar-refractivity contribution < 1.29 is 4.79 Å². The molecule has 4 nitrogen and oxygen atoms in total. The Morgan fingerprint density at radius 3 is 2.67 bits per heavy atom. The molecule has 1 aromatic heterocycles. The first-order valence-electron chi connectivity index (χ1n) is 6.43. The summed E-state index contributed by atoms with van der Waals surface area (Å²) in [5.74, 6) is 0. The van der Waals surface area contributed by atoms with E-state index in [1.165, 1.54) is 0 Å². The first kappa shape index (κ1) is 13.5. The molecule has 0 aliphatic carbocycles. The summed E-state index contributed by atoms with van der Waals surface area (Å²) in [5, 5.41) is 8.66. The van der Waals surface area contributed by atoms with Gasteiger partial charge in [-0.3, -0.25) is 4.79 Å².